The van der Waals surface area contributed by atoms with Gasteiger partial charge in [0, 0.05) is 17.0 Å². The van der Waals surface area contributed by atoms with Gasteiger partial charge in [-0.15, -0.1) is 11.3 Å². The number of carboxylic acids is 1. The van der Waals surface area contributed by atoms with E-state index in [1.54, 1.807) is 4.57 Å². The highest BCUT2D eigenvalue weighted by atomic mass is 32.1. The first-order valence-corrected chi connectivity index (χ1v) is 7.71. The zero-order chi connectivity index (χ0) is 15.9. The second-order valence-electron chi connectivity index (χ2n) is 5.21. The van der Waals surface area contributed by atoms with Crippen molar-refractivity contribution >= 4 is 27.5 Å². The largest absolute Gasteiger partial charge is 0.478 e. The monoisotopic (exact) mass is 314 g/mol. The van der Waals surface area contributed by atoms with Crippen molar-refractivity contribution in [2.75, 3.05) is 0 Å². The van der Waals surface area contributed by atoms with Crippen LogP contribution < -0.4 is 5.56 Å². The third-order valence-electron chi connectivity index (χ3n) is 3.42. The highest BCUT2D eigenvalue weighted by Crippen LogP contribution is 2.26. The Morgan fingerprint density at radius 2 is 1.95 bits per heavy atom. The molecule has 2 aromatic heterocycles. The topological polar surface area (TPSA) is 72.2 Å². The number of hydrogen-bond donors (Lipinski definition) is 1. The average molecular weight is 314 g/mol. The minimum absolute atomic E-state index is 0.0199. The van der Waals surface area contributed by atoms with E-state index in [1.165, 1.54) is 16.7 Å². The van der Waals surface area contributed by atoms with Crippen molar-refractivity contribution in [2.45, 2.75) is 19.9 Å². The molecule has 0 aliphatic carbocycles. The van der Waals surface area contributed by atoms with Crippen molar-refractivity contribution in [3.63, 3.8) is 0 Å². The van der Waals surface area contributed by atoms with Gasteiger partial charge in [-0.2, -0.15) is 0 Å². The number of rotatable bonds is 3. The van der Waals surface area contributed by atoms with Crippen molar-refractivity contribution in [2.24, 2.45) is 0 Å². The van der Waals surface area contributed by atoms with Crippen LogP contribution in [0.5, 0.6) is 0 Å². The van der Waals surface area contributed by atoms with E-state index in [0.29, 0.717) is 10.7 Å². The summed E-state index contributed by atoms with van der Waals surface area (Å²) < 4.78 is 1.55. The summed E-state index contributed by atoms with van der Waals surface area (Å²) in [6.45, 7) is 3.77. The van der Waals surface area contributed by atoms with Crippen molar-refractivity contribution < 1.29 is 9.90 Å². The van der Waals surface area contributed by atoms with E-state index in [1.807, 2.05) is 44.2 Å². The van der Waals surface area contributed by atoms with Crippen LogP contribution in [0.1, 0.15) is 30.2 Å². The van der Waals surface area contributed by atoms with E-state index < -0.39 is 5.97 Å². The molecule has 6 heteroatoms. The number of nitrogens with zero attached hydrogens (tertiary/aromatic N) is 2. The first-order chi connectivity index (χ1) is 10.5. The number of carboxylic acid groups (broad SMARTS) is 1. The molecule has 3 rings (SSSR count). The van der Waals surface area contributed by atoms with Gasteiger partial charge in [0.2, 0.25) is 0 Å². The molecule has 0 radical (unpaired) electrons. The van der Waals surface area contributed by atoms with E-state index in [-0.39, 0.29) is 22.6 Å². The van der Waals surface area contributed by atoms with Crippen molar-refractivity contribution in [3.05, 3.63) is 51.6 Å². The van der Waals surface area contributed by atoms with Crippen molar-refractivity contribution in [1.29, 1.82) is 0 Å². The molecule has 1 N–H and O–H groups in total. The van der Waals surface area contributed by atoms with Crippen molar-refractivity contribution in [1.82, 2.24) is 9.55 Å². The molecule has 0 bridgehead atoms. The van der Waals surface area contributed by atoms with E-state index in [2.05, 4.69) is 4.98 Å². The molecule has 0 aliphatic rings. The number of aromatic carboxylic acids is 1. The lowest BCUT2D eigenvalue weighted by Crippen LogP contribution is -2.25. The molecule has 0 atom stereocenters. The van der Waals surface area contributed by atoms with Crippen LogP contribution in [0.4, 0.5) is 0 Å². The molecule has 3 aromatic rings. The molecule has 0 aliphatic heterocycles. The molecule has 0 saturated heterocycles. The zero-order valence-electron chi connectivity index (χ0n) is 12.1. The molecular formula is C16H14N2O3S. The van der Waals surface area contributed by atoms with Gasteiger partial charge < -0.3 is 5.11 Å². The molecule has 2 heterocycles. The Hall–Kier alpha value is -2.47. The first kappa shape index (κ1) is 14.5. The van der Waals surface area contributed by atoms with E-state index in [4.69, 9.17) is 0 Å². The minimum atomic E-state index is -1.10. The Morgan fingerprint density at radius 3 is 2.55 bits per heavy atom. The number of aromatic nitrogens is 2. The third-order valence-corrected chi connectivity index (χ3v) is 4.29. The van der Waals surface area contributed by atoms with Gasteiger partial charge >= 0.3 is 5.97 Å². The molecule has 0 unspecified atom stereocenters. The van der Waals surface area contributed by atoms with Gasteiger partial charge in [-0.25, -0.2) is 9.78 Å². The molecule has 22 heavy (non-hydrogen) atoms. The van der Waals surface area contributed by atoms with Crippen LogP contribution in [-0.4, -0.2) is 20.6 Å². The van der Waals surface area contributed by atoms with Crippen LogP contribution >= 0.6 is 11.3 Å². The predicted molar refractivity (Wildman–Crippen MR) is 86.7 cm³/mol. The fourth-order valence-electron chi connectivity index (χ4n) is 2.43. The molecular weight excluding hydrogens is 300 g/mol. The molecule has 1 aromatic carbocycles. The summed E-state index contributed by atoms with van der Waals surface area (Å²) in [6.07, 6.45) is 0. The number of thiophene rings is 1. The van der Waals surface area contributed by atoms with E-state index >= 15 is 0 Å². The summed E-state index contributed by atoms with van der Waals surface area (Å²) >= 11 is 1.18. The number of carbonyl (C=O) groups is 1. The van der Waals surface area contributed by atoms with Gasteiger partial charge in [0.1, 0.15) is 10.7 Å². The smallest absolute Gasteiger partial charge is 0.337 e. The SMILES string of the molecule is CC(C)n1c(-c2ccccc2)nc2scc(C(=O)O)c2c1=O. The summed E-state index contributed by atoms with van der Waals surface area (Å²) in [5.41, 5.74) is 0.546. The first-order valence-electron chi connectivity index (χ1n) is 6.83. The van der Waals surface area contributed by atoms with Crippen LogP contribution in [0.15, 0.2) is 40.5 Å². The lowest BCUT2D eigenvalue weighted by molar-refractivity contribution is 0.0699. The fraction of sp³-hybridized carbons (Fsp3) is 0.188. The summed E-state index contributed by atoms with van der Waals surface area (Å²) in [5.74, 6) is -0.542. The number of fused-ring (bicyclic) bond motifs is 1. The standard InChI is InChI=1S/C16H14N2O3S/c1-9(2)18-13(10-6-4-3-5-7-10)17-14-12(15(18)19)11(8-22-14)16(20)21/h3-9H,1-2H3,(H,20,21). The van der Waals surface area contributed by atoms with Gasteiger partial charge in [-0.05, 0) is 13.8 Å². The molecule has 5 nitrogen and oxygen atoms in total. The van der Waals surface area contributed by atoms with Crippen LogP contribution in [0.25, 0.3) is 21.6 Å². The Labute approximate surface area is 130 Å². The molecule has 0 fully saturated rings. The van der Waals surface area contributed by atoms with Gasteiger partial charge in [0.05, 0.1) is 10.9 Å². The summed E-state index contributed by atoms with van der Waals surface area (Å²) in [4.78, 5) is 29.1. The van der Waals surface area contributed by atoms with Crippen LogP contribution in [0, 0.1) is 0 Å². The van der Waals surface area contributed by atoms with Crippen LogP contribution in [-0.2, 0) is 0 Å². The maximum atomic E-state index is 12.8. The summed E-state index contributed by atoms with van der Waals surface area (Å²) in [6, 6.07) is 9.31. The predicted octanol–water partition coefficient (Wildman–Crippen LogP) is 3.40. The lowest BCUT2D eigenvalue weighted by atomic mass is 10.1. The average Bonchev–Trinajstić information content (AvgIpc) is 2.92. The van der Waals surface area contributed by atoms with Crippen molar-refractivity contribution in [3.8, 4) is 11.4 Å². The third kappa shape index (κ3) is 2.21. The Kier molecular flexibility index (Phi) is 3.54. The maximum absolute atomic E-state index is 12.8. The van der Waals surface area contributed by atoms with E-state index in [0.717, 1.165) is 5.56 Å². The van der Waals surface area contributed by atoms with Crippen LogP contribution in [0.3, 0.4) is 0 Å². The summed E-state index contributed by atoms with van der Waals surface area (Å²) in [5, 5.41) is 10.9. The maximum Gasteiger partial charge on any atom is 0.337 e. The Morgan fingerprint density at radius 1 is 1.27 bits per heavy atom. The van der Waals surface area contributed by atoms with E-state index in [9.17, 15) is 14.7 Å². The molecule has 0 amide bonds. The normalized spacial score (nSPS) is 11.2. The zero-order valence-corrected chi connectivity index (χ0v) is 12.9. The highest BCUT2D eigenvalue weighted by Gasteiger charge is 2.21. The Bertz CT molecular complexity index is 910. The highest BCUT2D eigenvalue weighted by molar-refractivity contribution is 7.17. The Balaban J connectivity index is 2.42. The molecule has 0 spiro atoms. The second-order valence-corrected chi connectivity index (χ2v) is 6.06. The minimum Gasteiger partial charge on any atom is -0.478 e. The number of benzene rings is 1. The quantitative estimate of drug-likeness (QED) is 0.804. The molecule has 112 valence electrons. The van der Waals surface area contributed by atoms with Gasteiger partial charge in [0.25, 0.3) is 5.56 Å². The van der Waals surface area contributed by atoms with Gasteiger partial charge in [-0.3, -0.25) is 9.36 Å². The second kappa shape index (κ2) is 5.38. The fourth-order valence-corrected chi connectivity index (χ4v) is 3.33. The van der Waals surface area contributed by atoms with Crippen LogP contribution in [0.2, 0.25) is 0 Å². The summed E-state index contributed by atoms with van der Waals surface area (Å²) in [7, 11) is 0. The van der Waals surface area contributed by atoms with Gasteiger partial charge in [0.15, 0.2) is 0 Å². The molecule has 0 saturated carbocycles. The number of hydrogen-bond acceptors (Lipinski definition) is 4. The van der Waals surface area contributed by atoms with Gasteiger partial charge in [-0.1, -0.05) is 30.3 Å². The lowest BCUT2D eigenvalue weighted by Gasteiger charge is -2.15.